The molecule has 0 bridgehead atoms. The lowest BCUT2D eigenvalue weighted by atomic mass is 9.91. The van der Waals surface area contributed by atoms with Crippen LogP contribution in [0, 0.1) is 5.92 Å². The van der Waals surface area contributed by atoms with Crippen molar-refractivity contribution in [2.75, 3.05) is 13.1 Å². The summed E-state index contributed by atoms with van der Waals surface area (Å²) in [6.07, 6.45) is 3.19. The van der Waals surface area contributed by atoms with E-state index in [4.69, 9.17) is 0 Å². The number of nitrogens with zero attached hydrogens (tertiary/aromatic N) is 3. The maximum atomic E-state index is 13.1. The number of piperidine rings is 1. The summed E-state index contributed by atoms with van der Waals surface area (Å²) in [5.74, 6) is 0.456. The minimum absolute atomic E-state index is 0.0321. The van der Waals surface area contributed by atoms with Gasteiger partial charge in [-0.2, -0.15) is 15.4 Å². The Labute approximate surface area is 153 Å². The summed E-state index contributed by atoms with van der Waals surface area (Å²) in [7, 11) is 0. The van der Waals surface area contributed by atoms with E-state index in [1.807, 2.05) is 41.3 Å². The van der Waals surface area contributed by atoms with Crippen molar-refractivity contribution in [3.63, 3.8) is 0 Å². The summed E-state index contributed by atoms with van der Waals surface area (Å²) < 4.78 is 0. The molecule has 0 aliphatic carbocycles. The molecular formula is C21H22N4O. The molecule has 0 saturated carbocycles. The summed E-state index contributed by atoms with van der Waals surface area (Å²) in [5, 5.41) is 11.0. The van der Waals surface area contributed by atoms with E-state index in [0.29, 0.717) is 17.3 Å². The third-order valence-electron chi connectivity index (χ3n) is 4.97. The van der Waals surface area contributed by atoms with Crippen molar-refractivity contribution in [2.24, 2.45) is 5.92 Å². The normalized spacial score (nSPS) is 17.2. The first-order valence-electron chi connectivity index (χ1n) is 9.10. The maximum Gasteiger partial charge on any atom is 0.276 e. The van der Waals surface area contributed by atoms with Gasteiger partial charge in [-0.05, 0) is 30.7 Å². The van der Waals surface area contributed by atoms with Crippen molar-refractivity contribution in [1.29, 1.82) is 0 Å². The van der Waals surface area contributed by atoms with Gasteiger partial charge in [-0.3, -0.25) is 4.79 Å². The fraction of sp³-hybridized carbons (Fsp3) is 0.286. The topological polar surface area (TPSA) is 61.9 Å². The molecule has 4 rings (SSSR count). The molecule has 1 aromatic heterocycles. The van der Waals surface area contributed by atoms with Crippen LogP contribution in [0.4, 0.5) is 0 Å². The van der Waals surface area contributed by atoms with Crippen LogP contribution in [-0.2, 0) is 6.42 Å². The van der Waals surface area contributed by atoms with Gasteiger partial charge >= 0.3 is 0 Å². The van der Waals surface area contributed by atoms with Gasteiger partial charge in [0.1, 0.15) is 5.69 Å². The van der Waals surface area contributed by atoms with Crippen LogP contribution in [-0.4, -0.2) is 39.3 Å². The third kappa shape index (κ3) is 3.52. The van der Waals surface area contributed by atoms with Crippen molar-refractivity contribution < 1.29 is 4.79 Å². The predicted molar refractivity (Wildman–Crippen MR) is 101 cm³/mol. The molecule has 2 aromatic carbocycles. The average molecular weight is 346 g/mol. The Bertz CT molecular complexity index is 860. The highest BCUT2D eigenvalue weighted by Crippen LogP contribution is 2.25. The number of hydrogen-bond donors (Lipinski definition) is 1. The summed E-state index contributed by atoms with van der Waals surface area (Å²) in [6.45, 7) is 1.56. The quantitative estimate of drug-likeness (QED) is 0.785. The van der Waals surface area contributed by atoms with E-state index in [1.165, 1.54) is 5.56 Å². The molecule has 1 amide bonds. The molecule has 3 aromatic rings. The Morgan fingerprint density at radius 1 is 1.04 bits per heavy atom. The second kappa shape index (κ2) is 7.52. The van der Waals surface area contributed by atoms with Gasteiger partial charge in [-0.25, -0.2) is 0 Å². The minimum atomic E-state index is -0.0321. The maximum absolute atomic E-state index is 13.1. The molecule has 1 saturated heterocycles. The van der Waals surface area contributed by atoms with Crippen LogP contribution in [0.3, 0.4) is 0 Å². The van der Waals surface area contributed by atoms with Crippen molar-refractivity contribution in [3.05, 3.63) is 71.9 Å². The van der Waals surface area contributed by atoms with Crippen LogP contribution < -0.4 is 0 Å². The Hall–Kier alpha value is -2.95. The number of aromatic amines is 1. The highest BCUT2D eigenvalue weighted by atomic mass is 16.2. The van der Waals surface area contributed by atoms with Crippen LogP contribution in [0.15, 0.2) is 60.7 Å². The molecular weight excluding hydrogens is 324 g/mol. The van der Waals surface area contributed by atoms with E-state index >= 15 is 0 Å². The number of amides is 1. The zero-order valence-electron chi connectivity index (χ0n) is 14.6. The van der Waals surface area contributed by atoms with E-state index < -0.39 is 0 Å². The largest absolute Gasteiger partial charge is 0.337 e. The Balaban J connectivity index is 1.49. The third-order valence-corrected chi connectivity index (χ3v) is 4.97. The number of hydrogen-bond acceptors (Lipinski definition) is 3. The Morgan fingerprint density at radius 3 is 2.54 bits per heavy atom. The van der Waals surface area contributed by atoms with Crippen molar-refractivity contribution in [2.45, 2.75) is 19.3 Å². The molecule has 132 valence electrons. The smallest absolute Gasteiger partial charge is 0.276 e. The molecule has 1 aliphatic rings. The summed E-state index contributed by atoms with van der Waals surface area (Å²) in [4.78, 5) is 15.0. The molecule has 1 aliphatic heterocycles. The highest BCUT2D eigenvalue weighted by molar-refractivity contribution is 5.97. The van der Waals surface area contributed by atoms with E-state index in [1.54, 1.807) is 0 Å². The van der Waals surface area contributed by atoms with Gasteiger partial charge in [-0.15, -0.1) is 0 Å². The number of carbonyl (C=O) groups is 1. The number of H-pyrrole nitrogens is 1. The van der Waals surface area contributed by atoms with Crippen LogP contribution in [0.2, 0.25) is 0 Å². The average Bonchev–Trinajstić information content (AvgIpc) is 3.19. The molecule has 5 nitrogen and oxygen atoms in total. The fourth-order valence-corrected chi connectivity index (χ4v) is 3.69. The summed E-state index contributed by atoms with van der Waals surface area (Å²) in [5.41, 5.74) is 3.28. The first-order chi connectivity index (χ1) is 12.8. The van der Waals surface area contributed by atoms with E-state index in [9.17, 15) is 4.79 Å². The Morgan fingerprint density at radius 2 is 1.77 bits per heavy atom. The summed E-state index contributed by atoms with van der Waals surface area (Å²) >= 11 is 0. The van der Waals surface area contributed by atoms with E-state index in [2.05, 4.69) is 39.7 Å². The van der Waals surface area contributed by atoms with Gasteiger partial charge in [-0.1, -0.05) is 60.7 Å². The standard InChI is InChI=1S/C21H22N4O/c26-21(20-19(22-24-23-20)18-11-5-2-6-12-18)25-13-7-10-17(15-25)14-16-8-3-1-4-9-16/h1-6,8-9,11-12,17H,7,10,13-15H2,(H,22,23,24). The summed E-state index contributed by atoms with van der Waals surface area (Å²) in [6, 6.07) is 20.2. The molecule has 1 unspecified atom stereocenters. The predicted octanol–water partition coefficient (Wildman–Crippen LogP) is 3.57. The molecule has 1 fully saturated rings. The number of nitrogens with one attached hydrogen (secondary N) is 1. The number of benzene rings is 2. The van der Waals surface area contributed by atoms with Gasteiger partial charge in [0.25, 0.3) is 5.91 Å². The monoisotopic (exact) mass is 346 g/mol. The van der Waals surface area contributed by atoms with Gasteiger partial charge in [0.15, 0.2) is 5.69 Å². The van der Waals surface area contributed by atoms with Crippen LogP contribution in [0.25, 0.3) is 11.3 Å². The van der Waals surface area contributed by atoms with Gasteiger partial charge in [0.2, 0.25) is 0 Å². The van der Waals surface area contributed by atoms with Crippen molar-refractivity contribution in [1.82, 2.24) is 20.3 Å². The molecule has 0 spiro atoms. The van der Waals surface area contributed by atoms with E-state index in [0.717, 1.165) is 37.9 Å². The van der Waals surface area contributed by atoms with Crippen LogP contribution in [0.5, 0.6) is 0 Å². The zero-order valence-corrected chi connectivity index (χ0v) is 14.6. The zero-order chi connectivity index (χ0) is 17.8. The van der Waals surface area contributed by atoms with Crippen molar-refractivity contribution in [3.8, 4) is 11.3 Å². The molecule has 26 heavy (non-hydrogen) atoms. The second-order valence-electron chi connectivity index (χ2n) is 6.84. The molecule has 0 radical (unpaired) electrons. The van der Waals surface area contributed by atoms with Gasteiger partial charge in [0, 0.05) is 18.7 Å². The highest BCUT2D eigenvalue weighted by Gasteiger charge is 2.28. The first kappa shape index (κ1) is 16.5. The fourth-order valence-electron chi connectivity index (χ4n) is 3.69. The lowest BCUT2D eigenvalue weighted by molar-refractivity contribution is 0.0668. The lowest BCUT2D eigenvalue weighted by Crippen LogP contribution is -2.40. The Kier molecular flexibility index (Phi) is 4.78. The molecule has 1 N–H and O–H groups in total. The molecule has 5 heteroatoms. The minimum Gasteiger partial charge on any atom is -0.337 e. The number of aromatic nitrogens is 3. The number of carbonyl (C=O) groups excluding carboxylic acids is 1. The van der Waals surface area contributed by atoms with Crippen LogP contribution >= 0.6 is 0 Å². The molecule has 2 heterocycles. The van der Waals surface area contributed by atoms with E-state index in [-0.39, 0.29) is 5.91 Å². The van der Waals surface area contributed by atoms with Crippen LogP contribution in [0.1, 0.15) is 28.9 Å². The number of rotatable bonds is 4. The SMILES string of the molecule is O=C(c1n[nH]nc1-c1ccccc1)N1CCCC(Cc2ccccc2)C1. The second-order valence-corrected chi connectivity index (χ2v) is 6.84. The van der Waals surface area contributed by atoms with Gasteiger partial charge < -0.3 is 4.90 Å². The molecule has 1 atom stereocenters. The lowest BCUT2D eigenvalue weighted by Gasteiger charge is -2.32. The first-order valence-corrected chi connectivity index (χ1v) is 9.10. The van der Waals surface area contributed by atoms with Crippen molar-refractivity contribution >= 4 is 5.91 Å². The van der Waals surface area contributed by atoms with Gasteiger partial charge in [0.05, 0.1) is 0 Å². The number of likely N-dealkylation sites (tertiary alicyclic amines) is 1.